The Labute approximate surface area is 130 Å². The van der Waals surface area contributed by atoms with Gasteiger partial charge in [-0.3, -0.25) is 4.79 Å². The van der Waals surface area contributed by atoms with E-state index in [1.165, 1.54) is 0 Å². The maximum Gasteiger partial charge on any atom is 0.569 e. The van der Waals surface area contributed by atoms with Crippen molar-refractivity contribution in [3.05, 3.63) is 59.2 Å². The summed E-state index contributed by atoms with van der Waals surface area (Å²) in [6.07, 6.45) is 0. The quantitative estimate of drug-likeness (QED) is 0.799. The molecule has 22 heavy (non-hydrogen) atoms. The van der Waals surface area contributed by atoms with Crippen LogP contribution < -0.4 is 14.7 Å². The van der Waals surface area contributed by atoms with Crippen molar-refractivity contribution >= 4 is 13.6 Å². The number of hydrogen-bond donors (Lipinski definition) is 2. The maximum absolute atomic E-state index is 12.3. The number of aryl methyl sites for hydroxylation is 1. The fraction of sp³-hybridized carbons (Fsp3) is 0.188. The van der Waals surface area contributed by atoms with Crippen LogP contribution >= 0.6 is 0 Å². The molecule has 0 aliphatic heterocycles. The Hall–Kier alpha value is -2.47. The van der Waals surface area contributed by atoms with Gasteiger partial charge in [-0.2, -0.15) is 0 Å². The first-order valence-electron chi connectivity index (χ1n) is 6.78. The van der Waals surface area contributed by atoms with Gasteiger partial charge < -0.3 is 19.7 Å². The van der Waals surface area contributed by atoms with Crippen LogP contribution in [0.15, 0.2) is 42.5 Å². The molecule has 5 nitrogen and oxygen atoms in total. The molecule has 0 unspecified atom stereocenters. The summed E-state index contributed by atoms with van der Waals surface area (Å²) >= 11 is 0. The molecule has 0 aliphatic carbocycles. The molecule has 2 rings (SSSR count). The topological polar surface area (TPSA) is 67.8 Å². The first kappa shape index (κ1) is 15.9. The number of methoxy groups -OCH3 is 1. The van der Waals surface area contributed by atoms with E-state index < -0.39 is 0 Å². The van der Waals surface area contributed by atoms with Crippen molar-refractivity contribution in [2.24, 2.45) is 0 Å². The molecule has 0 heterocycles. The molecule has 2 aromatic rings. The average Bonchev–Trinajstić information content (AvgIpc) is 2.54. The third-order valence-corrected chi connectivity index (χ3v) is 3.16. The Bertz CT molecular complexity index is 643. The Kier molecular flexibility index (Phi) is 5.44. The van der Waals surface area contributed by atoms with Crippen LogP contribution in [0.1, 0.15) is 21.5 Å². The summed E-state index contributed by atoms with van der Waals surface area (Å²) in [5.74, 6) is 0.882. The molecule has 0 atom stereocenters. The lowest BCUT2D eigenvalue weighted by Gasteiger charge is -2.10. The number of nitrogens with one attached hydrogen (secondary N) is 1. The van der Waals surface area contributed by atoms with Gasteiger partial charge in [0.15, 0.2) is 0 Å². The molecule has 1 amide bonds. The summed E-state index contributed by atoms with van der Waals surface area (Å²) in [6, 6.07) is 12.5. The van der Waals surface area contributed by atoms with Crippen molar-refractivity contribution in [1.82, 2.24) is 5.32 Å². The lowest BCUT2D eigenvalue weighted by atomic mass is 10.1. The largest absolute Gasteiger partial charge is 0.569 e. The Morgan fingerprint density at radius 3 is 2.59 bits per heavy atom. The minimum Gasteiger partial charge on any atom is -0.537 e. The number of carbonyl (C=O) groups is 1. The van der Waals surface area contributed by atoms with E-state index in [9.17, 15) is 4.79 Å². The second-order valence-electron chi connectivity index (χ2n) is 4.75. The standard InChI is InChI=1S/C16H17BNO4/c1-11-3-8-15(21-2)14(9-11)16(19)18-10-12-4-6-13(7-5-12)22-17-20/h3-9,20H,10H2,1-2H3,(H,18,19). The highest BCUT2D eigenvalue weighted by Gasteiger charge is 2.12. The lowest BCUT2D eigenvalue weighted by molar-refractivity contribution is 0.0948. The van der Waals surface area contributed by atoms with Crippen molar-refractivity contribution in [3.8, 4) is 11.5 Å². The van der Waals surface area contributed by atoms with Gasteiger partial charge in [0.25, 0.3) is 5.91 Å². The smallest absolute Gasteiger partial charge is 0.537 e. The molecule has 6 heteroatoms. The molecule has 0 saturated heterocycles. The number of ether oxygens (including phenoxy) is 1. The monoisotopic (exact) mass is 298 g/mol. The maximum atomic E-state index is 12.3. The van der Waals surface area contributed by atoms with Crippen LogP contribution in [0.4, 0.5) is 0 Å². The highest BCUT2D eigenvalue weighted by molar-refractivity contribution is 6.17. The summed E-state index contributed by atoms with van der Waals surface area (Å²) in [5, 5.41) is 11.4. The molecule has 0 aliphatic rings. The highest BCUT2D eigenvalue weighted by atomic mass is 16.5. The SMILES string of the molecule is COc1ccc(C)cc1C(=O)NCc1ccc(O[B]O)cc1. The molecule has 1 radical (unpaired) electrons. The van der Waals surface area contributed by atoms with E-state index in [4.69, 9.17) is 14.4 Å². The van der Waals surface area contributed by atoms with E-state index >= 15 is 0 Å². The lowest BCUT2D eigenvalue weighted by Crippen LogP contribution is -2.23. The van der Waals surface area contributed by atoms with Crippen molar-refractivity contribution in [2.45, 2.75) is 13.5 Å². The van der Waals surface area contributed by atoms with Gasteiger partial charge in [-0.1, -0.05) is 23.8 Å². The first-order valence-corrected chi connectivity index (χ1v) is 6.78. The summed E-state index contributed by atoms with van der Waals surface area (Å²) in [5.41, 5.74) is 2.43. The second-order valence-corrected chi connectivity index (χ2v) is 4.75. The Balaban J connectivity index is 2.02. The fourth-order valence-corrected chi connectivity index (χ4v) is 2.02. The summed E-state index contributed by atoms with van der Waals surface area (Å²) in [7, 11) is 2.17. The van der Waals surface area contributed by atoms with Gasteiger partial charge in [-0.15, -0.1) is 0 Å². The Morgan fingerprint density at radius 2 is 1.95 bits per heavy atom. The summed E-state index contributed by atoms with van der Waals surface area (Å²) in [4.78, 5) is 12.3. The van der Waals surface area contributed by atoms with Crippen LogP contribution in [0.25, 0.3) is 0 Å². The van der Waals surface area contributed by atoms with Gasteiger partial charge in [-0.05, 0) is 36.8 Å². The molecular weight excluding hydrogens is 281 g/mol. The molecule has 0 fully saturated rings. The molecule has 0 spiro atoms. The van der Waals surface area contributed by atoms with E-state index in [1.807, 2.05) is 25.1 Å². The second kappa shape index (κ2) is 7.52. The molecule has 0 bridgehead atoms. The average molecular weight is 298 g/mol. The van der Waals surface area contributed by atoms with Crippen molar-refractivity contribution in [2.75, 3.05) is 7.11 Å². The minimum atomic E-state index is -0.190. The van der Waals surface area contributed by atoms with Crippen molar-refractivity contribution < 1.29 is 19.2 Å². The fourth-order valence-electron chi connectivity index (χ4n) is 2.02. The zero-order chi connectivity index (χ0) is 15.9. The summed E-state index contributed by atoms with van der Waals surface area (Å²) < 4.78 is 10.0. The third-order valence-electron chi connectivity index (χ3n) is 3.16. The zero-order valence-electron chi connectivity index (χ0n) is 12.5. The van der Waals surface area contributed by atoms with E-state index in [-0.39, 0.29) is 5.91 Å². The predicted octanol–water partition coefficient (Wildman–Crippen LogP) is 1.84. The van der Waals surface area contributed by atoms with E-state index in [2.05, 4.69) is 5.32 Å². The number of carbonyl (C=O) groups excluding carboxylic acids is 1. The number of benzene rings is 2. The molecule has 2 N–H and O–H groups in total. The van der Waals surface area contributed by atoms with E-state index in [1.54, 1.807) is 31.4 Å². The third kappa shape index (κ3) is 4.02. The van der Waals surface area contributed by atoms with Gasteiger partial charge in [0.2, 0.25) is 0 Å². The van der Waals surface area contributed by atoms with Crippen molar-refractivity contribution in [3.63, 3.8) is 0 Å². The molecule has 0 aromatic heterocycles. The zero-order valence-corrected chi connectivity index (χ0v) is 12.5. The summed E-state index contributed by atoms with van der Waals surface area (Å²) in [6.45, 7) is 2.31. The number of amides is 1. The molecule has 2 aromatic carbocycles. The highest BCUT2D eigenvalue weighted by Crippen LogP contribution is 2.19. The van der Waals surface area contributed by atoms with E-state index in [0.717, 1.165) is 11.1 Å². The van der Waals surface area contributed by atoms with Crippen LogP contribution in [0.3, 0.4) is 0 Å². The molecule has 113 valence electrons. The van der Waals surface area contributed by atoms with Gasteiger partial charge >= 0.3 is 7.69 Å². The van der Waals surface area contributed by atoms with Gasteiger partial charge in [-0.25, -0.2) is 0 Å². The minimum absolute atomic E-state index is 0.190. The number of hydrogen-bond acceptors (Lipinski definition) is 4. The van der Waals surface area contributed by atoms with Crippen molar-refractivity contribution in [1.29, 1.82) is 0 Å². The first-order chi connectivity index (χ1) is 10.6. The van der Waals surface area contributed by atoms with Crippen LogP contribution in [-0.2, 0) is 6.54 Å². The van der Waals surface area contributed by atoms with Gasteiger partial charge in [0, 0.05) is 6.54 Å². The van der Waals surface area contributed by atoms with Crippen LogP contribution in [-0.4, -0.2) is 25.7 Å². The molecule has 0 saturated carbocycles. The van der Waals surface area contributed by atoms with Gasteiger partial charge in [0.05, 0.1) is 18.4 Å². The normalized spacial score (nSPS) is 9.95. The van der Waals surface area contributed by atoms with Crippen LogP contribution in [0.2, 0.25) is 0 Å². The van der Waals surface area contributed by atoms with Crippen LogP contribution in [0, 0.1) is 6.92 Å². The predicted molar refractivity (Wildman–Crippen MR) is 83.9 cm³/mol. The van der Waals surface area contributed by atoms with Crippen LogP contribution in [0.5, 0.6) is 11.5 Å². The van der Waals surface area contributed by atoms with E-state index in [0.29, 0.717) is 31.3 Å². The van der Waals surface area contributed by atoms with Gasteiger partial charge in [0.1, 0.15) is 5.75 Å². The Morgan fingerprint density at radius 1 is 1.23 bits per heavy atom. The number of rotatable bonds is 6. The molecular formula is C16H17BNO4.